The second-order valence-electron chi connectivity index (χ2n) is 16.9. The quantitative estimate of drug-likeness (QED) is 0.0331. The van der Waals surface area contributed by atoms with Gasteiger partial charge in [0, 0.05) is 25.8 Å². The molecular weight excluding hydrogens is 739 g/mol. The lowest BCUT2D eigenvalue weighted by molar-refractivity contribution is -0.231. The van der Waals surface area contributed by atoms with Crippen LogP contribution in [0.4, 0.5) is 0 Å². The molecule has 5 atom stereocenters. The normalized spacial score (nSPS) is 19.2. The third-order valence-corrected chi connectivity index (χ3v) is 11.6. The number of hydrogen-bond acceptors (Lipinski definition) is 8. The number of hydrogen-bond donors (Lipinski definition) is 6. The Morgan fingerprint density at radius 2 is 0.948 bits per heavy atom. The van der Waals surface area contributed by atoms with Crippen LogP contribution in [0.1, 0.15) is 219 Å². The molecule has 0 saturated carbocycles. The molecule has 1 aliphatic rings. The number of nitrogens with one attached hydrogen (secondary N) is 2. The summed E-state index contributed by atoms with van der Waals surface area (Å²) in [7, 11) is 0. The molecule has 0 unspecified atom stereocenters. The predicted molar refractivity (Wildman–Crippen MR) is 231 cm³/mol. The van der Waals surface area contributed by atoms with Gasteiger partial charge in [0.2, 0.25) is 17.7 Å². The summed E-state index contributed by atoms with van der Waals surface area (Å²) in [6.45, 7) is 3.85. The highest BCUT2D eigenvalue weighted by Crippen LogP contribution is 2.26. The molecule has 3 amide bonds. The van der Waals surface area contributed by atoms with Crippen molar-refractivity contribution in [1.82, 2.24) is 15.5 Å². The number of nitrogens with zero attached hydrogens (tertiary/aromatic N) is 1. The number of carboxylic acid groups (broad SMARTS) is 1. The molecule has 1 fully saturated rings. The Kier molecular flexibility index (Phi) is 33.9. The maximum Gasteiger partial charge on any atom is 0.303 e. The second-order valence-corrected chi connectivity index (χ2v) is 16.9. The Morgan fingerprint density at radius 1 is 0.534 bits per heavy atom. The van der Waals surface area contributed by atoms with Crippen LogP contribution < -0.4 is 10.6 Å². The van der Waals surface area contributed by atoms with Gasteiger partial charge in [-0.15, -0.1) is 0 Å². The van der Waals surface area contributed by atoms with E-state index < -0.39 is 61.5 Å². The third-order valence-electron chi connectivity index (χ3n) is 11.6. The summed E-state index contributed by atoms with van der Waals surface area (Å²) >= 11 is 0. The molecule has 0 radical (unpaired) electrons. The van der Waals surface area contributed by atoms with Crippen molar-refractivity contribution < 1.29 is 44.3 Å². The Labute approximate surface area is 352 Å². The van der Waals surface area contributed by atoms with Gasteiger partial charge in [0.1, 0.15) is 24.4 Å². The Bertz CT molecular complexity index is 1050. The van der Waals surface area contributed by atoms with Gasteiger partial charge in [0.25, 0.3) is 0 Å². The molecule has 1 heterocycles. The minimum atomic E-state index is -1.53. The highest BCUT2D eigenvalue weighted by molar-refractivity contribution is 5.85. The summed E-state index contributed by atoms with van der Waals surface area (Å²) in [6, 6.07) is -1.19. The Morgan fingerprint density at radius 3 is 1.40 bits per heavy atom. The molecule has 6 N–H and O–H groups in total. The van der Waals surface area contributed by atoms with Crippen molar-refractivity contribution in [2.24, 2.45) is 0 Å². The molecule has 1 rings (SSSR count). The molecule has 12 nitrogen and oxygen atoms in total. The van der Waals surface area contributed by atoms with Crippen molar-refractivity contribution in [3.8, 4) is 0 Å². The van der Waals surface area contributed by atoms with E-state index in [1.54, 1.807) is 4.90 Å². The largest absolute Gasteiger partial charge is 0.481 e. The van der Waals surface area contributed by atoms with Crippen LogP contribution in [-0.2, 0) is 23.9 Å². The van der Waals surface area contributed by atoms with Crippen LogP contribution >= 0.6 is 0 Å². The van der Waals surface area contributed by atoms with E-state index in [0.717, 1.165) is 38.5 Å². The zero-order chi connectivity index (χ0) is 42.6. The first-order valence-corrected chi connectivity index (χ1v) is 23.9. The fourth-order valence-corrected chi connectivity index (χ4v) is 7.89. The van der Waals surface area contributed by atoms with Gasteiger partial charge in [0.15, 0.2) is 6.23 Å². The van der Waals surface area contributed by atoms with Crippen molar-refractivity contribution in [2.45, 2.75) is 250 Å². The van der Waals surface area contributed by atoms with E-state index in [4.69, 9.17) is 9.84 Å². The van der Waals surface area contributed by atoms with Crippen molar-refractivity contribution in [2.75, 3.05) is 19.7 Å². The van der Waals surface area contributed by atoms with Gasteiger partial charge in [0.05, 0.1) is 13.2 Å². The monoisotopic (exact) mass is 826 g/mol. The van der Waals surface area contributed by atoms with Crippen LogP contribution in [-0.4, -0.2) is 99.3 Å². The molecule has 0 aromatic carbocycles. The van der Waals surface area contributed by atoms with Crippen LogP contribution in [0.25, 0.3) is 0 Å². The van der Waals surface area contributed by atoms with Gasteiger partial charge in [-0.25, -0.2) is 0 Å². The van der Waals surface area contributed by atoms with Gasteiger partial charge in [-0.2, -0.15) is 0 Å². The maximum absolute atomic E-state index is 13.9. The van der Waals surface area contributed by atoms with E-state index in [0.29, 0.717) is 32.2 Å². The van der Waals surface area contributed by atoms with Crippen molar-refractivity contribution >= 4 is 23.7 Å². The maximum atomic E-state index is 13.9. The van der Waals surface area contributed by atoms with Gasteiger partial charge in [-0.3, -0.25) is 19.2 Å². The molecule has 340 valence electrons. The van der Waals surface area contributed by atoms with Crippen molar-refractivity contribution in [3.05, 3.63) is 0 Å². The number of rotatable bonds is 39. The van der Waals surface area contributed by atoms with E-state index in [1.165, 1.54) is 122 Å². The SMILES string of the molecule is CCCCCCCCCCCCCCCCCC(=O)N(CCCCCCCCCCCCCC)[C@@H]1O[C@H](CO)[C@@H](O)[C@H](O)[C@H]1NC(=O)CNC(=O)CCCCC(=O)O. The smallest absolute Gasteiger partial charge is 0.303 e. The Balaban J connectivity index is 2.75. The number of aliphatic carboxylic acids is 1. The third kappa shape index (κ3) is 26.7. The molecule has 0 spiro atoms. The summed E-state index contributed by atoms with van der Waals surface area (Å²) in [5.74, 6) is -2.14. The average Bonchev–Trinajstić information content (AvgIpc) is 3.21. The number of carboxylic acids is 1. The highest BCUT2D eigenvalue weighted by atomic mass is 16.5. The number of ether oxygens (including phenoxy) is 1. The molecule has 58 heavy (non-hydrogen) atoms. The second kappa shape index (κ2) is 36.6. The summed E-state index contributed by atoms with van der Waals surface area (Å²) in [4.78, 5) is 51.6. The molecule has 0 aliphatic carbocycles. The molecule has 1 saturated heterocycles. The number of amides is 3. The number of aliphatic hydroxyl groups is 3. The lowest BCUT2D eigenvalue weighted by Crippen LogP contribution is -2.69. The fraction of sp³-hybridized carbons (Fsp3) is 0.913. The van der Waals surface area contributed by atoms with E-state index in [1.807, 2.05) is 0 Å². The van der Waals surface area contributed by atoms with Gasteiger partial charge in [-0.1, -0.05) is 174 Å². The lowest BCUT2D eigenvalue weighted by atomic mass is 9.94. The van der Waals surface area contributed by atoms with Gasteiger partial charge < -0.3 is 40.7 Å². The molecule has 12 heteroatoms. The highest BCUT2D eigenvalue weighted by Gasteiger charge is 2.48. The molecule has 1 aliphatic heterocycles. The van der Waals surface area contributed by atoms with Crippen LogP contribution in [0.5, 0.6) is 0 Å². The van der Waals surface area contributed by atoms with Crippen LogP contribution in [0.15, 0.2) is 0 Å². The number of carbonyl (C=O) groups is 4. The summed E-state index contributed by atoms with van der Waals surface area (Å²) in [5, 5.41) is 46.0. The van der Waals surface area contributed by atoms with Crippen LogP contribution in [0.2, 0.25) is 0 Å². The van der Waals surface area contributed by atoms with Gasteiger partial charge in [-0.05, 0) is 25.7 Å². The number of aliphatic hydroxyl groups excluding tert-OH is 3. The van der Waals surface area contributed by atoms with E-state index >= 15 is 0 Å². The van der Waals surface area contributed by atoms with E-state index in [2.05, 4.69) is 24.5 Å². The minimum Gasteiger partial charge on any atom is -0.481 e. The lowest BCUT2D eigenvalue weighted by Gasteiger charge is -2.47. The van der Waals surface area contributed by atoms with E-state index in [9.17, 15) is 34.5 Å². The van der Waals surface area contributed by atoms with E-state index in [-0.39, 0.29) is 25.2 Å². The van der Waals surface area contributed by atoms with Crippen LogP contribution in [0, 0.1) is 0 Å². The minimum absolute atomic E-state index is 0.0419. The predicted octanol–water partition coefficient (Wildman–Crippen LogP) is 8.46. The zero-order valence-corrected chi connectivity index (χ0v) is 36.9. The fourth-order valence-electron chi connectivity index (χ4n) is 7.89. The first kappa shape index (κ1) is 53.7. The first-order valence-electron chi connectivity index (χ1n) is 23.9. The molecule has 0 aromatic rings. The van der Waals surface area contributed by atoms with Crippen molar-refractivity contribution in [3.63, 3.8) is 0 Å². The Hall–Kier alpha value is -2.28. The first-order chi connectivity index (χ1) is 28.2. The van der Waals surface area contributed by atoms with Crippen molar-refractivity contribution in [1.29, 1.82) is 0 Å². The summed E-state index contributed by atoms with van der Waals surface area (Å²) in [5.41, 5.74) is 0. The topological polar surface area (TPSA) is 186 Å². The number of carbonyl (C=O) groups excluding carboxylic acids is 3. The molecular formula is C46H87N3O9. The summed E-state index contributed by atoms with van der Waals surface area (Å²) < 4.78 is 6.11. The standard InChI is InChI=1S/C46H87N3O9/c1-3-5-7-9-11-13-15-17-18-19-20-22-24-26-28-33-41(53)49(35-31-27-25-23-21-16-14-12-10-8-6-4-2)46-43(45(57)44(56)38(37-50)58-46)48-40(52)36-47-39(51)32-29-30-34-42(54)55/h38,43-46,50,56-57H,3-37H2,1-2H3,(H,47,51)(H,48,52)(H,54,55)/t38-,43-,44-,45-,46-/m1/s1. The van der Waals surface area contributed by atoms with Gasteiger partial charge >= 0.3 is 5.97 Å². The van der Waals surface area contributed by atoms with Crippen LogP contribution in [0.3, 0.4) is 0 Å². The zero-order valence-electron chi connectivity index (χ0n) is 36.9. The summed E-state index contributed by atoms with van der Waals surface area (Å²) in [6.07, 6.45) is 28.1. The molecule has 0 aromatic heterocycles. The number of unbranched alkanes of at least 4 members (excludes halogenated alkanes) is 26. The average molecular weight is 826 g/mol. The molecule has 0 bridgehead atoms.